The number of ether oxygens (including phenoxy) is 1. The zero-order valence-corrected chi connectivity index (χ0v) is 19.3. The quantitative estimate of drug-likeness (QED) is 0.463. The first-order valence-corrected chi connectivity index (χ1v) is 11.4. The minimum absolute atomic E-state index is 0.0697. The van der Waals surface area contributed by atoms with Gasteiger partial charge in [0, 0.05) is 17.6 Å². The summed E-state index contributed by atoms with van der Waals surface area (Å²) in [7, 11) is 0. The van der Waals surface area contributed by atoms with Crippen molar-refractivity contribution in [1.82, 2.24) is 4.90 Å². The number of hydrogen-bond donors (Lipinski definition) is 1. The molecule has 166 valence electrons. The van der Waals surface area contributed by atoms with Gasteiger partial charge in [-0.2, -0.15) is 0 Å². The zero-order chi connectivity index (χ0) is 22.7. The topological polar surface area (TPSA) is 49.8 Å². The number of carbonyl (C=O) groups is 1. The highest BCUT2D eigenvalue weighted by molar-refractivity contribution is 9.10. The summed E-state index contributed by atoms with van der Waals surface area (Å²) in [6.07, 6.45) is 0. The molecule has 3 aromatic rings. The van der Waals surface area contributed by atoms with Crippen LogP contribution in [0.4, 0.5) is 4.39 Å². The molecule has 32 heavy (non-hydrogen) atoms. The van der Waals surface area contributed by atoms with Crippen LogP contribution in [0.1, 0.15) is 35.6 Å². The van der Waals surface area contributed by atoms with Gasteiger partial charge >= 0.3 is 5.97 Å². The maximum absolute atomic E-state index is 14.1. The summed E-state index contributed by atoms with van der Waals surface area (Å²) < 4.78 is 19.9. The molecule has 1 aliphatic rings. The van der Waals surface area contributed by atoms with Gasteiger partial charge in [-0.15, -0.1) is 0 Å². The molecule has 0 spiro atoms. The van der Waals surface area contributed by atoms with Crippen molar-refractivity contribution in [1.29, 1.82) is 0 Å². The Balaban J connectivity index is 1.66. The van der Waals surface area contributed by atoms with E-state index in [0.29, 0.717) is 10.0 Å². The number of hydrogen-bond acceptors (Lipinski definition) is 4. The summed E-state index contributed by atoms with van der Waals surface area (Å²) in [5.41, 5.74) is 1.22. The molecular weight excluding hydrogens is 473 g/mol. The highest BCUT2D eigenvalue weighted by Gasteiger charge is 2.54. The monoisotopic (exact) mass is 497 g/mol. The molecule has 4 nitrogen and oxygen atoms in total. The second-order valence-electron chi connectivity index (χ2n) is 8.12. The van der Waals surface area contributed by atoms with Gasteiger partial charge in [-0.25, -0.2) is 4.39 Å². The number of rotatable bonds is 7. The van der Waals surface area contributed by atoms with E-state index in [1.807, 2.05) is 36.4 Å². The van der Waals surface area contributed by atoms with E-state index in [0.717, 1.165) is 11.1 Å². The van der Waals surface area contributed by atoms with Crippen LogP contribution in [-0.4, -0.2) is 41.3 Å². The Morgan fingerprint density at radius 3 is 2.09 bits per heavy atom. The number of esters is 1. The van der Waals surface area contributed by atoms with Crippen LogP contribution in [0.5, 0.6) is 0 Å². The van der Waals surface area contributed by atoms with Crippen LogP contribution in [0.3, 0.4) is 0 Å². The van der Waals surface area contributed by atoms with Crippen LogP contribution < -0.4 is 0 Å². The highest BCUT2D eigenvalue weighted by Crippen LogP contribution is 2.43. The molecule has 1 saturated heterocycles. The number of β-amino-alcohol motifs (C(OH)–C–C–N with tert-alkyl or cyclic N) is 1. The lowest BCUT2D eigenvalue weighted by Crippen LogP contribution is -2.66. The number of likely N-dealkylation sites (tertiary alicyclic amines) is 1. The van der Waals surface area contributed by atoms with Gasteiger partial charge in [-0.1, -0.05) is 76.6 Å². The third-order valence-electron chi connectivity index (χ3n) is 5.83. The Morgan fingerprint density at radius 2 is 1.59 bits per heavy atom. The highest BCUT2D eigenvalue weighted by atomic mass is 79.9. The Labute approximate surface area is 195 Å². The van der Waals surface area contributed by atoms with Crippen LogP contribution >= 0.6 is 15.9 Å². The first kappa shape index (κ1) is 22.6. The minimum atomic E-state index is -1.37. The molecule has 0 aromatic heterocycles. The summed E-state index contributed by atoms with van der Waals surface area (Å²) in [4.78, 5) is 15.0. The van der Waals surface area contributed by atoms with Crippen molar-refractivity contribution < 1.29 is 19.0 Å². The summed E-state index contributed by atoms with van der Waals surface area (Å²) >= 11 is 3.29. The van der Waals surface area contributed by atoms with Gasteiger partial charge in [-0.3, -0.25) is 9.69 Å². The van der Waals surface area contributed by atoms with Crippen LogP contribution in [0.25, 0.3) is 0 Å². The second-order valence-corrected chi connectivity index (χ2v) is 9.04. The Hall–Kier alpha value is -2.54. The molecule has 6 heteroatoms. The third kappa shape index (κ3) is 4.63. The maximum Gasteiger partial charge on any atom is 0.316 e. The van der Waals surface area contributed by atoms with E-state index in [9.17, 15) is 14.3 Å². The van der Waals surface area contributed by atoms with E-state index in [-0.39, 0.29) is 25.7 Å². The fourth-order valence-corrected chi connectivity index (χ4v) is 5.02. The van der Waals surface area contributed by atoms with Crippen molar-refractivity contribution in [3.05, 3.63) is 106 Å². The standard InChI is InChI=1S/C26H25BrFNO3/c1-2-32-25(30)23(20-13-21(27)15-22(28)14-20)26(31)16-29(17-26)24(18-9-5-3-6-10-18)19-11-7-4-8-12-19/h3-15,23-24,31H,2,16-17H2,1H3/t23-/m0/s1. The molecule has 4 rings (SSSR count). The first-order chi connectivity index (χ1) is 15.4. The van der Waals surface area contributed by atoms with Crippen molar-refractivity contribution in [2.45, 2.75) is 24.5 Å². The predicted octanol–water partition coefficient (Wildman–Crippen LogP) is 5.07. The van der Waals surface area contributed by atoms with E-state index in [1.165, 1.54) is 12.1 Å². The van der Waals surface area contributed by atoms with Gasteiger partial charge in [0.05, 0.1) is 12.6 Å². The Bertz CT molecular complexity index is 1010. The third-order valence-corrected chi connectivity index (χ3v) is 6.29. The van der Waals surface area contributed by atoms with Crippen molar-refractivity contribution in [2.75, 3.05) is 19.7 Å². The van der Waals surface area contributed by atoms with Crippen molar-refractivity contribution in [3.63, 3.8) is 0 Å². The largest absolute Gasteiger partial charge is 0.465 e. The van der Waals surface area contributed by atoms with E-state index >= 15 is 0 Å². The van der Waals surface area contributed by atoms with Gasteiger partial charge in [0.2, 0.25) is 0 Å². The normalized spacial score (nSPS) is 16.4. The molecule has 3 aromatic carbocycles. The van der Waals surface area contributed by atoms with Gasteiger partial charge in [0.1, 0.15) is 17.3 Å². The van der Waals surface area contributed by atoms with Crippen LogP contribution in [-0.2, 0) is 9.53 Å². The molecule has 0 saturated carbocycles. The molecule has 1 N–H and O–H groups in total. The smallest absolute Gasteiger partial charge is 0.316 e. The lowest BCUT2D eigenvalue weighted by atomic mass is 9.75. The number of carbonyl (C=O) groups excluding carboxylic acids is 1. The number of halogens is 2. The predicted molar refractivity (Wildman–Crippen MR) is 125 cm³/mol. The average Bonchev–Trinajstić information content (AvgIpc) is 2.74. The van der Waals surface area contributed by atoms with Gasteiger partial charge in [0.15, 0.2) is 0 Å². The van der Waals surface area contributed by atoms with Crippen LogP contribution in [0.15, 0.2) is 83.3 Å². The summed E-state index contributed by atoms with van der Waals surface area (Å²) in [6.45, 7) is 2.40. The lowest BCUT2D eigenvalue weighted by molar-refractivity contribution is -0.168. The van der Waals surface area contributed by atoms with Crippen LogP contribution in [0.2, 0.25) is 0 Å². The Morgan fingerprint density at radius 1 is 1.03 bits per heavy atom. The number of benzene rings is 3. The molecule has 1 fully saturated rings. The van der Waals surface area contributed by atoms with Gasteiger partial charge in [-0.05, 0) is 41.8 Å². The van der Waals surface area contributed by atoms with Crippen molar-refractivity contribution >= 4 is 21.9 Å². The van der Waals surface area contributed by atoms with Crippen LogP contribution in [0, 0.1) is 5.82 Å². The summed E-state index contributed by atoms with van der Waals surface area (Å²) in [5, 5.41) is 11.5. The maximum atomic E-state index is 14.1. The molecule has 0 amide bonds. The molecule has 0 unspecified atom stereocenters. The lowest BCUT2D eigenvalue weighted by Gasteiger charge is -2.53. The number of aliphatic hydroxyl groups is 1. The van der Waals surface area contributed by atoms with E-state index in [4.69, 9.17) is 4.74 Å². The van der Waals surface area contributed by atoms with Crippen molar-refractivity contribution in [3.8, 4) is 0 Å². The zero-order valence-electron chi connectivity index (χ0n) is 17.7. The molecule has 1 atom stereocenters. The molecule has 1 aliphatic heterocycles. The van der Waals surface area contributed by atoms with Gasteiger partial charge in [0.25, 0.3) is 0 Å². The molecule has 1 heterocycles. The average molecular weight is 498 g/mol. The SMILES string of the molecule is CCOC(=O)[C@H](c1cc(F)cc(Br)c1)C1(O)CN(C(c2ccccc2)c2ccccc2)C1. The second kappa shape index (κ2) is 9.53. The summed E-state index contributed by atoms with van der Waals surface area (Å²) in [6, 6.07) is 24.3. The van der Waals surface area contributed by atoms with E-state index in [1.54, 1.807) is 13.0 Å². The fraction of sp³-hybridized carbons (Fsp3) is 0.269. The molecule has 0 bridgehead atoms. The first-order valence-electron chi connectivity index (χ1n) is 10.6. The van der Waals surface area contributed by atoms with Gasteiger partial charge < -0.3 is 9.84 Å². The Kier molecular flexibility index (Phi) is 6.74. The minimum Gasteiger partial charge on any atom is -0.465 e. The molecular formula is C26H25BrFNO3. The molecule has 0 aliphatic carbocycles. The summed E-state index contributed by atoms with van der Waals surface area (Å²) in [5.74, 6) is -2.02. The van der Waals surface area contributed by atoms with E-state index < -0.39 is 23.3 Å². The number of nitrogens with zero attached hydrogens (tertiary/aromatic N) is 1. The van der Waals surface area contributed by atoms with Crippen molar-refractivity contribution in [2.24, 2.45) is 0 Å². The van der Waals surface area contributed by atoms with E-state index in [2.05, 4.69) is 45.1 Å². The fourth-order valence-electron chi connectivity index (χ4n) is 4.54. The molecule has 0 radical (unpaired) electrons.